The van der Waals surface area contributed by atoms with Crippen molar-refractivity contribution in [1.29, 1.82) is 0 Å². The van der Waals surface area contributed by atoms with Gasteiger partial charge in [0, 0.05) is 30.0 Å². The van der Waals surface area contributed by atoms with Crippen LogP contribution >= 0.6 is 0 Å². The molecule has 2 atom stereocenters. The second-order valence-corrected chi connectivity index (χ2v) is 13.8. The molecular formula is C40H49N7O5. The number of nitrogens with zero attached hydrogens (tertiary/aromatic N) is 4. The van der Waals surface area contributed by atoms with Gasteiger partial charge in [0.05, 0.1) is 43.1 Å². The molecular weight excluding hydrogens is 658 g/mol. The maximum absolute atomic E-state index is 13.1. The molecule has 1 aliphatic rings. The van der Waals surface area contributed by atoms with E-state index in [9.17, 15) is 14.4 Å². The molecule has 12 nitrogen and oxygen atoms in total. The lowest BCUT2D eigenvalue weighted by molar-refractivity contribution is -0.133. The van der Waals surface area contributed by atoms with Gasteiger partial charge in [-0.15, -0.1) is 0 Å². The first-order chi connectivity index (χ1) is 25.1. The molecule has 1 aliphatic heterocycles. The average Bonchev–Trinajstić information content (AvgIpc) is 3.81. The van der Waals surface area contributed by atoms with Crippen molar-refractivity contribution in [3.63, 3.8) is 0 Å². The Labute approximate surface area is 304 Å². The standard InChI is InChI=1S/C40H49N7O5/c1-7-14-46(37(48)15-24(4)8-2)21-35-41-19-33(44-35)27-10-12-29-28(16-27)23-52-34-18-30-26(17-31(29)34)11-13-32-39(30)45-36(43-32)22-47(25(5)9-3)38(49)20-42-40(50)51-6/h10-13,16-19,24-25H,7-9,14-15,20-23H2,1-6H3,(H,41,44)(H,42,50)(H,43,45)/t24-,25-/m0/s1. The molecule has 3 N–H and O–H groups in total. The maximum Gasteiger partial charge on any atom is 0.407 e. The highest BCUT2D eigenvalue weighted by atomic mass is 16.5. The molecule has 0 aliphatic carbocycles. The molecule has 12 heteroatoms. The third-order valence-corrected chi connectivity index (χ3v) is 10.1. The SMILES string of the molecule is CCCN(Cc1ncc(-c2ccc3c(c2)COc2cc4c(ccc5[nH]c(CN(C(=O)CNC(=O)OC)[C@@H](C)CC)nc54)cc2-3)[nH]1)C(=O)C[C@@H](C)CC. The normalized spacial score (nSPS) is 13.2. The van der Waals surface area contributed by atoms with E-state index in [0.717, 1.165) is 80.6 Å². The van der Waals surface area contributed by atoms with E-state index in [-0.39, 0.29) is 30.9 Å². The Bertz CT molecular complexity index is 2090. The van der Waals surface area contributed by atoms with Crippen LogP contribution in [0.1, 0.15) is 77.5 Å². The largest absolute Gasteiger partial charge is 0.488 e. The van der Waals surface area contributed by atoms with Crippen LogP contribution < -0.4 is 10.1 Å². The van der Waals surface area contributed by atoms with Crippen LogP contribution in [0.25, 0.3) is 44.2 Å². The lowest BCUT2D eigenvalue weighted by atomic mass is 9.92. The highest BCUT2D eigenvalue weighted by Crippen LogP contribution is 2.42. The van der Waals surface area contributed by atoms with Crippen LogP contribution in [0.2, 0.25) is 0 Å². The Kier molecular flexibility index (Phi) is 11.1. The fourth-order valence-electron chi connectivity index (χ4n) is 6.68. The van der Waals surface area contributed by atoms with Crippen LogP contribution in [-0.2, 0) is 34.0 Å². The van der Waals surface area contributed by atoms with Crippen LogP contribution in [0.3, 0.4) is 0 Å². The number of benzene rings is 3. The van der Waals surface area contributed by atoms with Crippen molar-refractivity contribution in [2.45, 2.75) is 86.0 Å². The van der Waals surface area contributed by atoms with Crippen LogP contribution in [-0.4, -0.2) is 73.9 Å². The smallest absolute Gasteiger partial charge is 0.407 e. The minimum atomic E-state index is -0.648. The molecule has 52 heavy (non-hydrogen) atoms. The Morgan fingerprint density at radius 1 is 0.962 bits per heavy atom. The van der Waals surface area contributed by atoms with Gasteiger partial charge < -0.3 is 34.6 Å². The van der Waals surface area contributed by atoms with Crippen molar-refractivity contribution in [3.05, 3.63) is 65.9 Å². The fourth-order valence-corrected chi connectivity index (χ4v) is 6.68. The summed E-state index contributed by atoms with van der Waals surface area (Å²) in [5.41, 5.74) is 6.79. The van der Waals surface area contributed by atoms with E-state index in [1.165, 1.54) is 7.11 Å². The van der Waals surface area contributed by atoms with Gasteiger partial charge in [-0.2, -0.15) is 0 Å². The minimum Gasteiger partial charge on any atom is -0.488 e. The van der Waals surface area contributed by atoms with Gasteiger partial charge in [0.1, 0.15) is 30.5 Å². The quantitative estimate of drug-likeness (QED) is 0.110. The zero-order valence-electron chi connectivity index (χ0n) is 31.0. The summed E-state index contributed by atoms with van der Waals surface area (Å²) in [7, 11) is 1.27. The second-order valence-electron chi connectivity index (χ2n) is 13.8. The molecule has 0 bridgehead atoms. The summed E-state index contributed by atoms with van der Waals surface area (Å²) in [5, 5.41) is 4.47. The summed E-state index contributed by atoms with van der Waals surface area (Å²) in [6, 6.07) is 14.6. The number of aromatic amines is 2. The summed E-state index contributed by atoms with van der Waals surface area (Å²) < 4.78 is 11.0. The Morgan fingerprint density at radius 2 is 1.79 bits per heavy atom. The van der Waals surface area contributed by atoms with E-state index in [0.29, 0.717) is 37.9 Å². The second kappa shape index (κ2) is 15.9. The zero-order valence-corrected chi connectivity index (χ0v) is 31.0. The van der Waals surface area contributed by atoms with E-state index in [2.05, 4.69) is 82.2 Å². The monoisotopic (exact) mass is 707 g/mol. The third kappa shape index (κ3) is 7.75. The number of fused-ring (bicyclic) bond motifs is 6. The molecule has 0 fully saturated rings. The van der Waals surface area contributed by atoms with Crippen molar-refractivity contribution in [1.82, 2.24) is 35.1 Å². The number of hydrogen-bond donors (Lipinski definition) is 3. The number of nitrogens with one attached hydrogen (secondary N) is 3. The lowest BCUT2D eigenvalue weighted by Crippen LogP contribution is -2.44. The first-order valence-electron chi connectivity index (χ1n) is 18.3. The molecule has 5 aromatic rings. The zero-order chi connectivity index (χ0) is 36.9. The number of ether oxygens (including phenoxy) is 2. The van der Waals surface area contributed by atoms with Gasteiger partial charge in [0.25, 0.3) is 0 Å². The molecule has 274 valence electrons. The number of carbonyl (C=O) groups excluding carboxylic acids is 3. The van der Waals surface area contributed by atoms with Crippen molar-refractivity contribution in [2.75, 3.05) is 20.2 Å². The summed E-state index contributed by atoms with van der Waals surface area (Å²) in [6.45, 7) is 12.0. The number of hydrogen-bond acceptors (Lipinski definition) is 7. The van der Waals surface area contributed by atoms with Crippen molar-refractivity contribution >= 4 is 39.7 Å². The van der Waals surface area contributed by atoms with E-state index in [1.54, 1.807) is 4.90 Å². The maximum atomic E-state index is 13.1. The Morgan fingerprint density at radius 3 is 2.54 bits per heavy atom. The van der Waals surface area contributed by atoms with Crippen molar-refractivity contribution in [3.8, 4) is 28.1 Å². The topological polar surface area (TPSA) is 146 Å². The minimum absolute atomic E-state index is 0.0561. The third-order valence-electron chi connectivity index (χ3n) is 10.1. The summed E-state index contributed by atoms with van der Waals surface area (Å²) in [5.74, 6) is 2.53. The predicted molar refractivity (Wildman–Crippen MR) is 201 cm³/mol. The number of H-pyrrole nitrogens is 2. The number of alkyl carbamates (subject to hydrolysis) is 1. The number of imidazole rings is 2. The van der Waals surface area contributed by atoms with Gasteiger partial charge in [-0.3, -0.25) is 9.59 Å². The van der Waals surface area contributed by atoms with Crippen molar-refractivity contribution < 1.29 is 23.9 Å². The number of rotatable bonds is 14. The molecule has 0 radical (unpaired) electrons. The molecule has 0 saturated heterocycles. The van der Waals surface area contributed by atoms with Gasteiger partial charge >= 0.3 is 6.09 Å². The highest BCUT2D eigenvalue weighted by molar-refractivity contribution is 6.07. The number of methoxy groups -OCH3 is 1. The summed E-state index contributed by atoms with van der Waals surface area (Å²) in [4.78, 5) is 57.6. The highest BCUT2D eigenvalue weighted by Gasteiger charge is 2.24. The number of carbonyl (C=O) groups is 3. The molecule has 0 spiro atoms. The van der Waals surface area contributed by atoms with Crippen molar-refractivity contribution in [2.24, 2.45) is 5.92 Å². The Balaban J connectivity index is 1.22. The van der Waals surface area contributed by atoms with E-state index < -0.39 is 6.09 Å². The van der Waals surface area contributed by atoms with E-state index in [4.69, 9.17) is 9.72 Å². The van der Waals surface area contributed by atoms with Crippen LogP contribution in [0.4, 0.5) is 4.79 Å². The van der Waals surface area contributed by atoms with Gasteiger partial charge in [0.2, 0.25) is 11.8 Å². The predicted octanol–water partition coefficient (Wildman–Crippen LogP) is 7.32. The van der Waals surface area contributed by atoms with Crippen LogP contribution in [0.15, 0.2) is 48.7 Å². The molecule has 0 saturated carbocycles. The van der Waals surface area contributed by atoms with Crippen LogP contribution in [0.5, 0.6) is 5.75 Å². The number of amides is 3. The van der Waals surface area contributed by atoms with E-state index >= 15 is 0 Å². The van der Waals surface area contributed by atoms with E-state index in [1.807, 2.05) is 31.0 Å². The molecule has 3 amide bonds. The summed E-state index contributed by atoms with van der Waals surface area (Å²) in [6.07, 6.45) is 4.37. The molecule has 6 rings (SSSR count). The molecule has 0 unspecified atom stereocenters. The van der Waals surface area contributed by atoms with Gasteiger partial charge in [0.15, 0.2) is 0 Å². The van der Waals surface area contributed by atoms with Crippen LogP contribution in [0, 0.1) is 5.92 Å². The first-order valence-corrected chi connectivity index (χ1v) is 18.3. The average molecular weight is 708 g/mol. The summed E-state index contributed by atoms with van der Waals surface area (Å²) >= 11 is 0. The van der Waals surface area contributed by atoms with Gasteiger partial charge in [-0.25, -0.2) is 14.8 Å². The Hall–Kier alpha value is -5.39. The molecule has 3 aromatic carbocycles. The molecule has 3 heterocycles. The first kappa shape index (κ1) is 36.4. The molecule has 2 aromatic heterocycles. The van der Waals surface area contributed by atoms with Gasteiger partial charge in [-0.1, -0.05) is 52.3 Å². The fraction of sp³-hybridized carbons (Fsp3) is 0.425. The van der Waals surface area contributed by atoms with Gasteiger partial charge in [-0.05, 0) is 72.0 Å². The number of aromatic nitrogens is 4. The lowest BCUT2D eigenvalue weighted by Gasteiger charge is -2.27.